The molecule has 2 heterocycles. The lowest BCUT2D eigenvalue weighted by Gasteiger charge is -2.29. The summed E-state index contributed by atoms with van der Waals surface area (Å²) in [5.74, 6) is 1.78. The number of nitrogens with one attached hydrogen (secondary N) is 1. The average Bonchev–Trinajstić information content (AvgIpc) is 3.40. The van der Waals surface area contributed by atoms with Gasteiger partial charge in [-0.2, -0.15) is 0 Å². The van der Waals surface area contributed by atoms with Crippen LogP contribution in [0.3, 0.4) is 0 Å². The summed E-state index contributed by atoms with van der Waals surface area (Å²) in [5.41, 5.74) is 1.28. The molecule has 4 rings (SSSR count). The highest BCUT2D eigenvalue weighted by Gasteiger charge is 2.27. The molecule has 0 aliphatic carbocycles. The lowest BCUT2D eigenvalue weighted by atomic mass is 10.00. The van der Waals surface area contributed by atoms with Crippen molar-refractivity contribution in [2.45, 2.75) is 44.2 Å². The van der Waals surface area contributed by atoms with E-state index in [0.717, 1.165) is 25.9 Å². The van der Waals surface area contributed by atoms with Crippen molar-refractivity contribution in [1.29, 1.82) is 0 Å². The van der Waals surface area contributed by atoms with E-state index in [9.17, 15) is 14.7 Å². The summed E-state index contributed by atoms with van der Waals surface area (Å²) in [6.45, 7) is 3.44. The van der Waals surface area contributed by atoms with Crippen LogP contribution in [0.2, 0.25) is 0 Å². The molecule has 8 heteroatoms. The number of ether oxygens (including phenoxy) is 3. The van der Waals surface area contributed by atoms with Gasteiger partial charge in [-0.15, -0.1) is 0 Å². The predicted octanol–water partition coefficient (Wildman–Crippen LogP) is 3.13. The lowest BCUT2D eigenvalue weighted by molar-refractivity contribution is -0.123. The second kappa shape index (κ2) is 12.0. The summed E-state index contributed by atoms with van der Waals surface area (Å²) in [4.78, 5) is 27.5. The number of likely N-dealkylation sites (tertiary alicyclic amines) is 1. The van der Waals surface area contributed by atoms with E-state index in [2.05, 4.69) is 10.2 Å². The molecule has 1 saturated heterocycles. The molecule has 2 atom stereocenters. The molecule has 2 aromatic rings. The van der Waals surface area contributed by atoms with Crippen molar-refractivity contribution in [3.8, 4) is 17.2 Å². The Morgan fingerprint density at radius 2 is 1.74 bits per heavy atom. The van der Waals surface area contributed by atoms with E-state index in [1.165, 1.54) is 0 Å². The number of hydrogen-bond donors (Lipinski definition) is 2. The Bertz CT molecular complexity index is 1000. The zero-order valence-electron chi connectivity index (χ0n) is 20.2. The van der Waals surface area contributed by atoms with Crippen molar-refractivity contribution in [3.63, 3.8) is 0 Å². The smallest absolute Gasteiger partial charge is 0.220 e. The highest BCUT2D eigenvalue weighted by molar-refractivity contribution is 5.96. The molecule has 188 valence electrons. The van der Waals surface area contributed by atoms with Crippen molar-refractivity contribution in [1.82, 2.24) is 10.2 Å². The van der Waals surface area contributed by atoms with Gasteiger partial charge in [0.1, 0.15) is 25.1 Å². The maximum atomic E-state index is 12.8. The zero-order valence-corrected chi connectivity index (χ0v) is 20.2. The number of fused-ring (bicyclic) bond motifs is 1. The molecule has 0 aromatic heterocycles. The van der Waals surface area contributed by atoms with Gasteiger partial charge in [0.2, 0.25) is 5.91 Å². The number of hydrogen-bond acceptors (Lipinski definition) is 7. The van der Waals surface area contributed by atoms with Crippen LogP contribution < -0.4 is 19.5 Å². The molecule has 35 heavy (non-hydrogen) atoms. The van der Waals surface area contributed by atoms with Gasteiger partial charge in [0.05, 0.1) is 13.2 Å². The van der Waals surface area contributed by atoms with Crippen LogP contribution in [-0.2, 0) is 4.79 Å². The summed E-state index contributed by atoms with van der Waals surface area (Å²) in [6.07, 6.45) is 2.28. The number of amides is 1. The van der Waals surface area contributed by atoms with Crippen LogP contribution in [0.5, 0.6) is 17.2 Å². The molecular weight excluding hydrogens is 448 g/mol. The largest absolute Gasteiger partial charge is 0.497 e. The molecule has 2 aliphatic rings. The van der Waals surface area contributed by atoms with Crippen LogP contribution in [-0.4, -0.2) is 67.7 Å². The first kappa shape index (κ1) is 25.0. The molecule has 1 amide bonds. The van der Waals surface area contributed by atoms with E-state index >= 15 is 0 Å². The fraction of sp³-hybridized carbons (Fsp3) is 0.481. The third-order valence-corrected chi connectivity index (χ3v) is 6.51. The fourth-order valence-electron chi connectivity index (χ4n) is 4.55. The number of ketones is 1. The number of carbonyl (C=O) groups excluding carboxylic acids is 2. The molecule has 0 spiro atoms. The predicted molar refractivity (Wildman–Crippen MR) is 131 cm³/mol. The Kier molecular flexibility index (Phi) is 8.60. The second-order valence-corrected chi connectivity index (χ2v) is 9.03. The zero-order chi connectivity index (χ0) is 24.6. The van der Waals surface area contributed by atoms with Crippen LogP contribution in [0, 0.1) is 0 Å². The number of benzene rings is 2. The van der Waals surface area contributed by atoms with E-state index in [0.29, 0.717) is 54.6 Å². The highest BCUT2D eigenvalue weighted by atomic mass is 16.6. The quantitative estimate of drug-likeness (QED) is 0.475. The number of Topliss-reactive ketones (excluding diaryl/α,β-unsaturated/α-hetero) is 1. The van der Waals surface area contributed by atoms with E-state index in [4.69, 9.17) is 14.2 Å². The molecule has 0 unspecified atom stereocenters. The molecule has 0 saturated carbocycles. The fourth-order valence-corrected chi connectivity index (χ4v) is 4.55. The number of methoxy groups -OCH3 is 1. The minimum atomic E-state index is -0.892. The molecular formula is C27H34N2O6. The van der Waals surface area contributed by atoms with Crippen LogP contribution in [0.1, 0.15) is 54.1 Å². The standard InChI is InChI=1S/C27H34N2O6/c1-33-21-10-7-19(8-11-21)23(30)5-4-6-26(31)28-22(18-29-13-2-3-14-29)27(32)20-9-12-24-25(17-20)35-16-15-34-24/h7-12,17,22,27,32H,2-6,13-16,18H2,1H3,(H,28,31)/t22-,27-/m1/s1. The number of rotatable bonds is 11. The SMILES string of the molecule is COc1ccc(C(=O)CCCC(=O)N[C@H](CN2CCCC2)[C@H](O)c2ccc3c(c2)OCCO3)cc1. The Labute approximate surface area is 206 Å². The lowest BCUT2D eigenvalue weighted by Crippen LogP contribution is -2.46. The normalized spacial score (nSPS) is 17.0. The van der Waals surface area contributed by atoms with Gasteiger partial charge in [0, 0.05) is 24.9 Å². The van der Waals surface area contributed by atoms with Crippen molar-refractivity contribution in [2.24, 2.45) is 0 Å². The topological polar surface area (TPSA) is 97.3 Å². The third-order valence-electron chi connectivity index (χ3n) is 6.51. The number of aliphatic hydroxyl groups excluding tert-OH is 1. The molecule has 0 bridgehead atoms. The van der Waals surface area contributed by atoms with Gasteiger partial charge < -0.3 is 29.5 Å². The first-order valence-corrected chi connectivity index (χ1v) is 12.3. The average molecular weight is 483 g/mol. The van der Waals surface area contributed by atoms with Crippen molar-refractivity contribution in [3.05, 3.63) is 53.6 Å². The van der Waals surface area contributed by atoms with E-state index in [1.54, 1.807) is 43.5 Å². The van der Waals surface area contributed by atoms with Crippen LogP contribution in [0.4, 0.5) is 0 Å². The molecule has 1 fully saturated rings. The van der Waals surface area contributed by atoms with Gasteiger partial charge in [-0.05, 0) is 74.3 Å². The van der Waals surface area contributed by atoms with Gasteiger partial charge in [-0.1, -0.05) is 6.07 Å². The van der Waals surface area contributed by atoms with Gasteiger partial charge in [-0.3, -0.25) is 9.59 Å². The Morgan fingerprint density at radius 1 is 1.03 bits per heavy atom. The van der Waals surface area contributed by atoms with E-state index in [1.807, 2.05) is 6.07 Å². The van der Waals surface area contributed by atoms with Crippen LogP contribution in [0.15, 0.2) is 42.5 Å². The second-order valence-electron chi connectivity index (χ2n) is 9.03. The molecule has 2 N–H and O–H groups in total. The maximum Gasteiger partial charge on any atom is 0.220 e. The van der Waals surface area contributed by atoms with Gasteiger partial charge in [0.15, 0.2) is 17.3 Å². The summed E-state index contributed by atoms with van der Waals surface area (Å²) in [6, 6.07) is 11.9. The summed E-state index contributed by atoms with van der Waals surface area (Å²) in [7, 11) is 1.58. The Morgan fingerprint density at radius 3 is 2.46 bits per heavy atom. The summed E-state index contributed by atoms with van der Waals surface area (Å²) < 4.78 is 16.4. The first-order valence-electron chi connectivity index (χ1n) is 12.3. The van der Waals surface area contributed by atoms with Gasteiger partial charge >= 0.3 is 0 Å². The van der Waals surface area contributed by atoms with Crippen molar-refractivity contribution in [2.75, 3.05) is 40.0 Å². The van der Waals surface area contributed by atoms with Crippen molar-refractivity contribution >= 4 is 11.7 Å². The summed E-state index contributed by atoms with van der Waals surface area (Å²) in [5, 5.41) is 14.2. The number of aliphatic hydroxyl groups is 1. The van der Waals surface area contributed by atoms with Crippen LogP contribution in [0.25, 0.3) is 0 Å². The van der Waals surface area contributed by atoms with Crippen molar-refractivity contribution < 1.29 is 28.9 Å². The molecule has 2 aromatic carbocycles. The molecule has 2 aliphatic heterocycles. The van der Waals surface area contributed by atoms with Gasteiger partial charge in [0.25, 0.3) is 0 Å². The van der Waals surface area contributed by atoms with Crippen LogP contribution >= 0.6 is 0 Å². The highest BCUT2D eigenvalue weighted by Crippen LogP contribution is 2.33. The Balaban J connectivity index is 1.34. The van der Waals surface area contributed by atoms with E-state index in [-0.39, 0.29) is 24.5 Å². The minimum Gasteiger partial charge on any atom is -0.497 e. The molecule has 0 radical (unpaired) electrons. The third kappa shape index (κ3) is 6.74. The minimum absolute atomic E-state index is 0.00890. The first-order chi connectivity index (χ1) is 17.0. The number of carbonyl (C=O) groups is 2. The summed E-state index contributed by atoms with van der Waals surface area (Å²) >= 11 is 0. The number of nitrogens with zero attached hydrogens (tertiary/aromatic N) is 1. The van der Waals surface area contributed by atoms with Gasteiger partial charge in [-0.25, -0.2) is 0 Å². The van der Waals surface area contributed by atoms with E-state index < -0.39 is 12.1 Å². The molecule has 8 nitrogen and oxygen atoms in total. The monoisotopic (exact) mass is 482 g/mol. The Hall–Kier alpha value is -3.10. The maximum absolute atomic E-state index is 12.8.